The van der Waals surface area contributed by atoms with E-state index in [1.165, 1.54) is 0 Å². The summed E-state index contributed by atoms with van der Waals surface area (Å²) in [6.07, 6.45) is 2.73. The zero-order chi connectivity index (χ0) is 20.4. The summed E-state index contributed by atoms with van der Waals surface area (Å²) in [6, 6.07) is 15.1. The van der Waals surface area contributed by atoms with Gasteiger partial charge in [0.25, 0.3) is 0 Å². The van der Waals surface area contributed by atoms with Crippen molar-refractivity contribution in [2.45, 2.75) is 19.0 Å². The van der Waals surface area contributed by atoms with Gasteiger partial charge in [0.1, 0.15) is 11.5 Å². The lowest BCUT2D eigenvalue weighted by Crippen LogP contribution is -2.45. The van der Waals surface area contributed by atoms with Crippen molar-refractivity contribution in [1.29, 1.82) is 5.26 Å². The monoisotopic (exact) mass is 381 g/mol. The van der Waals surface area contributed by atoms with Gasteiger partial charge in [-0.05, 0) is 55.9 Å². The Morgan fingerprint density at radius 2 is 1.79 bits per heavy atom. The second kappa shape index (κ2) is 10.8. The number of aromatic hydroxyl groups is 1. The molecule has 2 aromatic carbocycles. The molecule has 7 heteroatoms. The zero-order valence-corrected chi connectivity index (χ0v) is 16.5. The Balaban J connectivity index is 1.98. The third-order valence-electron chi connectivity index (χ3n) is 4.40. The average molecular weight is 381 g/mol. The van der Waals surface area contributed by atoms with Crippen LogP contribution in [0.5, 0.6) is 11.5 Å². The van der Waals surface area contributed by atoms with Gasteiger partial charge in [0.2, 0.25) is 5.96 Å². The summed E-state index contributed by atoms with van der Waals surface area (Å²) in [5, 5.41) is 24.3. The predicted molar refractivity (Wildman–Crippen MR) is 110 cm³/mol. The molecule has 148 valence electrons. The molecule has 0 aromatic heterocycles. The smallest absolute Gasteiger partial charge is 0.205 e. The molecule has 0 bridgehead atoms. The molecule has 3 N–H and O–H groups in total. The number of benzene rings is 2. The van der Waals surface area contributed by atoms with Gasteiger partial charge < -0.3 is 20.1 Å². The maximum atomic E-state index is 9.43. The summed E-state index contributed by atoms with van der Waals surface area (Å²) in [7, 11) is 5.66. The number of phenols is 1. The first-order valence-electron chi connectivity index (χ1n) is 9.02. The molecule has 0 saturated heterocycles. The molecule has 0 aliphatic rings. The molecule has 2 aromatic rings. The molecule has 0 heterocycles. The number of phenolic OH excluding ortho intramolecular Hbond substituents is 1. The number of aliphatic imine (C=N–C) groups is 1. The predicted octanol–water partition coefficient (Wildman–Crippen LogP) is 2.09. The molecule has 1 unspecified atom stereocenters. The minimum atomic E-state index is 0.191. The van der Waals surface area contributed by atoms with E-state index in [1.54, 1.807) is 19.2 Å². The number of likely N-dealkylation sites (N-methyl/N-ethyl adjacent to an activating group) is 1. The SMILES string of the molecule is COc1ccc(CN=C(NC#N)NCC(Cc2ccc(O)cc2)N(C)C)cc1. The third-order valence-corrected chi connectivity index (χ3v) is 4.40. The van der Waals surface area contributed by atoms with Crippen LogP contribution in [0.1, 0.15) is 11.1 Å². The molecular weight excluding hydrogens is 354 g/mol. The number of guanidine groups is 1. The summed E-state index contributed by atoms with van der Waals surface area (Å²) in [4.78, 5) is 6.59. The van der Waals surface area contributed by atoms with Crippen LogP contribution in [0.15, 0.2) is 53.5 Å². The highest BCUT2D eigenvalue weighted by Gasteiger charge is 2.13. The minimum Gasteiger partial charge on any atom is -0.508 e. The number of nitrogens with one attached hydrogen (secondary N) is 2. The third kappa shape index (κ3) is 6.82. The van der Waals surface area contributed by atoms with Gasteiger partial charge >= 0.3 is 0 Å². The number of nitrogens with zero attached hydrogens (tertiary/aromatic N) is 3. The maximum Gasteiger partial charge on any atom is 0.205 e. The molecule has 0 radical (unpaired) electrons. The molecule has 28 heavy (non-hydrogen) atoms. The van der Waals surface area contributed by atoms with E-state index < -0.39 is 0 Å². The second-order valence-electron chi connectivity index (χ2n) is 6.62. The Kier molecular flexibility index (Phi) is 8.12. The van der Waals surface area contributed by atoms with Crippen molar-refractivity contribution in [2.75, 3.05) is 27.7 Å². The molecule has 0 saturated carbocycles. The van der Waals surface area contributed by atoms with E-state index >= 15 is 0 Å². The van der Waals surface area contributed by atoms with Crippen molar-refractivity contribution in [3.05, 3.63) is 59.7 Å². The molecule has 7 nitrogen and oxygen atoms in total. The largest absolute Gasteiger partial charge is 0.508 e. The highest BCUT2D eigenvalue weighted by Crippen LogP contribution is 2.13. The van der Waals surface area contributed by atoms with Crippen molar-refractivity contribution >= 4 is 5.96 Å². The Bertz CT molecular complexity index is 795. The number of rotatable bonds is 8. The molecule has 0 amide bonds. The molecular formula is C21H27N5O2. The first-order valence-corrected chi connectivity index (χ1v) is 9.02. The van der Waals surface area contributed by atoms with Gasteiger partial charge in [-0.25, -0.2) is 4.99 Å². The normalized spacial score (nSPS) is 12.3. The van der Waals surface area contributed by atoms with Gasteiger partial charge in [0.05, 0.1) is 13.7 Å². The van der Waals surface area contributed by atoms with Gasteiger partial charge in [0.15, 0.2) is 6.19 Å². The summed E-state index contributed by atoms with van der Waals surface area (Å²) in [6.45, 7) is 1.07. The van der Waals surface area contributed by atoms with Crippen molar-refractivity contribution in [1.82, 2.24) is 15.5 Å². The lowest BCUT2D eigenvalue weighted by atomic mass is 10.1. The van der Waals surface area contributed by atoms with E-state index in [9.17, 15) is 5.11 Å². The van der Waals surface area contributed by atoms with Crippen LogP contribution in [0.4, 0.5) is 0 Å². The summed E-state index contributed by atoms with van der Waals surface area (Å²) < 4.78 is 5.15. The topological polar surface area (TPSA) is 92.9 Å². The van der Waals surface area contributed by atoms with E-state index in [1.807, 2.05) is 56.7 Å². The van der Waals surface area contributed by atoms with E-state index in [4.69, 9.17) is 10.00 Å². The van der Waals surface area contributed by atoms with Crippen LogP contribution in [0.3, 0.4) is 0 Å². The average Bonchev–Trinajstić information content (AvgIpc) is 2.70. The molecule has 2 rings (SSSR count). The Labute approximate surface area is 166 Å². The fourth-order valence-corrected chi connectivity index (χ4v) is 2.65. The van der Waals surface area contributed by atoms with Crippen LogP contribution < -0.4 is 15.4 Å². The zero-order valence-electron chi connectivity index (χ0n) is 16.5. The van der Waals surface area contributed by atoms with E-state index in [0.717, 1.165) is 23.3 Å². The first kappa shape index (κ1) is 21.1. The van der Waals surface area contributed by atoms with Gasteiger partial charge in [0, 0.05) is 12.6 Å². The van der Waals surface area contributed by atoms with Crippen LogP contribution >= 0.6 is 0 Å². The number of nitriles is 1. The molecule has 0 aliphatic heterocycles. The van der Waals surface area contributed by atoms with Gasteiger partial charge in [-0.15, -0.1) is 0 Å². The fraction of sp³-hybridized carbons (Fsp3) is 0.333. The lowest BCUT2D eigenvalue weighted by Gasteiger charge is -2.25. The minimum absolute atomic E-state index is 0.191. The Morgan fingerprint density at radius 1 is 1.14 bits per heavy atom. The summed E-state index contributed by atoms with van der Waals surface area (Å²) in [5.41, 5.74) is 2.15. The fourth-order valence-electron chi connectivity index (χ4n) is 2.65. The number of hydrogen-bond acceptors (Lipinski definition) is 5. The number of ether oxygens (including phenoxy) is 1. The van der Waals surface area contributed by atoms with Crippen LogP contribution in [-0.4, -0.2) is 49.8 Å². The van der Waals surface area contributed by atoms with Gasteiger partial charge in [-0.1, -0.05) is 24.3 Å². The summed E-state index contributed by atoms with van der Waals surface area (Å²) >= 11 is 0. The van der Waals surface area contributed by atoms with Crippen LogP contribution in [0.2, 0.25) is 0 Å². The summed E-state index contributed by atoms with van der Waals surface area (Å²) in [5.74, 6) is 1.50. The van der Waals surface area contributed by atoms with Gasteiger partial charge in [-0.2, -0.15) is 5.26 Å². The van der Waals surface area contributed by atoms with Crippen molar-refractivity contribution in [3.8, 4) is 17.7 Å². The molecule has 0 aliphatic carbocycles. The highest BCUT2D eigenvalue weighted by atomic mass is 16.5. The molecule has 0 spiro atoms. The maximum absolute atomic E-state index is 9.43. The number of methoxy groups -OCH3 is 1. The van der Waals surface area contributed by atoms with Crippen LogP contribution in [-0.2, 0) is 13.0 Å². The standard InChI is InChI=1S/C21H27N5O2/c1-26(2)18(12-16-4-8-19(27)9-5-16)14-24-21(25-15-22)23-13-17-6-10-20(28-3)11-7-17/h4-11,18,27H,12-14H2,1-3H3,(H2,23,24,25). The van der Waals surface area contributed by atoms with Crippen molar-refractivity contribution < 1.29 is 9.84 Å². The first-order chi connectivity index (χ1) is 13.5. The van der Waals surface area contributed by atoms with Crippen molar-refractivity contribution in [2.24, 2.45) is 4.99 Å². The highest BCUT2D eigenvalue weighted by molar-refractivity contribution is 5.81. The lowest BCUT2D eigenvalue weighted by molar-refractivity contribution is 0.290. The van der Waals surface area contributed by atoms with Crippen LogP contribution in [0, 0.1) is 11.5 Å². The van der Waals surface area contributed by atoms with Crippen molar-refractivity contribution in [3.63, 3.8) is 0 Å². The molecule has 1 atom stereocenters. The van der Waals surface area contributed by atoms with E-state index in [2.05, 4.69) is 20.5 Å². The molecule has 0 fully saturated rings. The quantitative estimate of drug-likeness (QED) is 0.281. The number of hydrogen-bond donors (Lipinski definition) is 3. The second-order valence-corrected chi connectivity index (χ2v) is 6.62. The van der Waals surface area contributed by atoms with E-state index in [0.29, 0.717) is 19.0 Å². The van der Waals surface area contributed by atoms with Crippen LogP contribution in [0.25, 0.3) is 0 Å². The Morgan fingerprint density at radius 3 is 2.36 bits per heavy atom. The van der Waals surface area contributed by atoms with Gasteiger partial charge in [-0.3, -0.25) is 5.32 Å². The Hall–Kier alpha value is -3.24. The van der Waals surface area contributed by atoms with E-state index in [-0.39, 0.29) is 11.8 Å².